The second-order valence-electron chi connectivity index (χ2n) is 7.78. The Labute approximate surface area is 182 Å². The number of fused-ring (bicyclic) bond motifs is 1. The monoisotopic (exact) mass is 410 g/mol. The topological polar surface area (TPSA) is 50.2 Å². The highest BCUT2D eigenvalue weighted by molar-refractivity contribution is 6.02. The van der Waals surface area contributed by atoms with Crippen molar-refractivity contribution in [2.45, 2.75) is 6.54 Å². The third-order valence-corrected chi connectivity index (χ3v) is 5.04. The van der Waals surface area contributed by atoms with Crippen molar-refractivity contribution in [3.05, 3.63) is 90.6 Å². The molecule has 4 rings (SSSR count). The molecule has 0 bridgehead atoms. The van der Waals surface area contributed by atoms with Gasteiger partial charge < -0.3 is 10.2 Å². The second-order valence-corrected chi connectivity index (χ2v) is 7.78. The number of anilines is 1. The molecule has 0 spiro atoms. The van der Waals surface area contributed by atoms with Gasteiger partial charge in [-0.25, -0.2) is 0 Å². The zero-order valence-electron chi connectivity index (χ0n) is 17.8. The van der Waals surface area contributed by atoms with Gasteiger partial charge in [0.2, 0.25) is 5.91 Å². The highest BCUT2D eigenvalue weighted by atomic mass is 16.1. The zero-order valence-corrected chi connectivity index (χ0v) is 17.8. The van der Waals surface area contributed by atoms with Crippen LogP contribution in [0.1, 0.15) is 5.56 Å². The lowest BCUT2D eigenvalue weighted by Crippen LogP contribution is -2.18. The van der Waals surface area contributed by atoms with Crippen molar-refractivity contribution in [3.63, 3.8) is 0 Å². The van der Waals surface area contributed by atoms with Crippen LogP contribution in [-0.4, -0.2) is 41.2 Å². The number of nitrogens with zero attached hydrogens (tertiary/aromatic N) is 3. The minimum atomic E-state index is -0.161. The lowest BCUT2D eigenvalue weighted by atomic mass is 10.0. The van der Waals surface area contributed by atoms with Crippen LogP contribution in [0.5, 0.6) is 0 Å². The normalized spacial score (nSPS) is 11.5. The number of carbonyl (C=O) groups is 1. The van der Waals surface area contributed by atoms with Crippen molar-refractivity contribution in [3.8, 4) is 11.1 Å². The van der Waals surface area contributed by atoms with Crippen molar-refractivity contribution in [1.29, 1.82) is 0 Å². The summed E-state index contributed by atoms with van der Waals surface area (Å²) in [5.41, 5.74) is 4.99. The lowest BCUT2D eigenvalue weighted by molar-refractivity contribution is -0.111. The molecule has 5 heteroatoms. The fourth-order valence-electron chi connectivity index (χ4n) is 3.34. The highest BCUT2D eigenvalue weighted by Gasteiger charge is 2.04. The van der Waals surface area contributed by atoms with E-state index in [-0.39, 0.29) is 5.91 Å². The van der Waals surface area contributed by atoms with Gasteiger partial charge in [-0.2, -0.15) is 5.10 Å². The van der Waals surface area contributed by atoms with E-state index in [0.717, 1.165) is 40.8 Å². The maximum absolute atomic E-state index is 12.4. The lowest BCUT2D eigenvalue weighted by Gasteiger charge is -2.08. The Bertz CT molecular complexity index is 1190. The summed E-state index contributed by atoms with van der Waals surface area (Å²) in [6.45, 7) is 1.75. The van der Waals surface area contributed by atoms with Crippen molar-refractivity contribution in [1.82, 2.24) is 14.7 Å². The van der Waals surface area contributed by atoms with E-state index < -0.39 is 0 Å². The van der Waals surface area contributed by atoms with Crippen LogP contribution in [-0.2, 0) is 11.3 Å². The fourth-order valence-corrected chi connectivity index (χ4v) is 3.34. The van der Waals surface area contributed by atoms with Crippen molar-refractivity contribution >= 4 is 28.6 Å². The predicted molar refractivity (Wildman–Crippen MR) is 128 cm³/mol. The Kier molecular flexibility index (Phi) is 6.24. The number of benzene rings is 3. The summed E-state index contributed by atoms with van der Waals surface area (Å²) in [7, 11) is 4.09. The van der Waals surface area contributed by atoms with Crippen molar-refractivity contribution in [2.75, 3.05) is 26.0 Å². The van der Waals surface area contributed by atoms with Crippen LogP contribution in [0.4, 0.5) is 5.69 Å². The van der Waals surface area contributed by atoms with E-state index in [4.69, 9.17) is 0 Å². The van der Waals surface area contributed by atoms with Crippen LogP contribution in [0.15, 0.2) is 85.1 Å². The summed E-state index contributed by atoms with van der Waals surface area (Å²) in [6.07, 6.45) is 5.39. The second kappa shape index (κ2) is 9.41. The molecule has 0 aliphatic heterocycles. The summed E-state index contributed by atoms with van der Waals surface area (Å²) >= 11 is 0. The number of hydrogen-bond donors (Lipinski definition) is 1. The standard InChI is InChI=1S/C26H26N4O/c1-29(2)16-17-30-19-23-18-24(13-14-25(23)28-30)27-26(31)15-10-20-8-11-22(12-9-20)21-6-4-3-5-7-21/h3-15,18-19H,16-17H2,1-2H3,(H,27,31). The van der Waals surface area contributed by atoms with E-state index >= 15 is 0 Å². The molecule has 31 heavy (non-hydrogen) atoms. The number of amides is 1. The van der Waals surface area contributed by atoms with Crippen molar-refractivity contribution in [2.24, 2.45) is 0 Å². The molecule has 0 saturated heterocycles. The average Bonchev–Trinajstić information content (AvgIpc) is 3.19. The van der Waals surface area contributed by atoms with Gasteiger partial charge in [0.05, 0.1) is 12.1 Å². The molecule has 3 aromatic carbocycles. The predicted octanol–water partition coefficient (Wildman–Crippen LogP) is 4.92. The Balaban J connectivity index is 1.38. The summed E-state index contributed by atoms with van der Waals surface area (Å²) in [5, 5.41) is 8.51. The smallest absolute Gasteiger partial charge is 0.248 e. The van der Waals surface area contributed by atoms with E-state index in [2.05, 4.69) is 39.6 Å². The van der Waals surface area contributed by atoms with Gasteiger partial charge in [0, 0.05) is 29.9 Å². The molecular formula is C26H26N4O. The van der Waals surface area contributed by atoms with E-state index in [1.165, 1.54) is 5.56 Å². The molecule has 0 aliphatic rings. The van der Waals surface area contributed by atoms with Gasteiger partial charge in [0.25, 0.3) is 0 Å². The van der Waals surface area contributed by atoms with Crippen LogP contribution in [0.2, 0.25) is 0 Å². The molecule has 0 unspecified atom stereocenters. The largest absolute Gasteiger partial charge is 0.322 e. The maximum Gasteiger partial charge on any atom is 0.248 e. The van der Waals surface area contributed by atoms with Gasteiger partial charge in [0.1, 0.15) is 0 Å². The third kappa shape index (κ3) is 5.47. The van der Waals surface area contributed by atoms with Crippen LogP contribution in [0.25, 0.3) is 28.1 Å². The van der Waals surface area contributed by atoms with Gasteiger partial charge >= 0.3 is 0 Å². The van der Waals surface area contributed by atoms with Gasteiger partial charge in [-0.1, -0.05) is 54.6 Å². The Morgan fingerprint density at radius 3 is 2.48 bits per heavy atom. The van der Waals surface area contributed by atoms with E-state index in [1.807, 2.05) is 79.6 Å². The Morgan fingerprint density at radius 2 is 1.74 bits per heavy atom. The molecule has 0 aliphatic carbocycles. The molecule has 1 heterocycles. The molecule has 0 saturated carbocycles. The number of likely N-dealkylation sites (N-methyl/N-ethyl adjacent to an activating group) is 1. The quantitative estimate of drug-likeness (QED) is 0.440. The van der Waals surface area contributed by atoms with Crippen LogP contribution in [0, 0.1) is 0 Å². The van der Waals surface area contributed by atoms with E-state index in [0.29, 0.717) is 0 Å². The van der Waals surface area contributed by atoms with Gasteiger partial charge in [-0.3, -0.25) is 9.48 Å². The molecule has 1 N–H and O–H groups in total. The summed E-state index contributed by atoms with van der Waals surface area (Å²) in [4.78, 5) is 14.5. The van der Waals surface area contributed by atoms with Gasteiger partial charge in [0.15, 0.2) is 0 Å². The maximum atomic E-state index is 12.4. The number of aromatic nitrogens is 2. The number of rotatable bonds is 7. The summed E-state index contributed by atoms with van der Waals surface area (Å²) in [6, 6.07) is 24.2. The van der Waals surface area contributed by atoms with Crippen LogP contribution in [0.3, 0.4) is 0 Å². The first-order chi connectivity index (χ1) is 15.1. The zero-order chi connectivity index (χ0) is 21.6. The minimum absolute atomic E-state index is 0.161. The number of hydrogen-bond acceptors (Lipinski definition) is 3. The van der Waals surface area contributed by atoms with Crippen molar-refractivity contribution < 1.29 is 4.79 Å². The molecule has 1 aromatic heterocycles. The molecule has 0 atom stereocenters. The highest BCUT2D eigenvalue weighted by Crippen LogP contribution is 2.20. The molecule has 0 radical (unpaired) electrons. The Morgan fingerprint density at radius 1 is 1.00 bits per heavy atom. The van der Waals surface area contributed by atoms with Crippen LogP contribution < -0.4 is 5.32 Å². The summed E-state index contributed by atoms with van der Waals surface area (Å²) < 4.78 is 1.94. The van der Waals surface area contributed by atoms with Gasteiger partial charge in [-0.05, 0) is 55.1 Å². The Hall–Kier alpha value is -3.70. The van der Waals surface area contributed by atoms with Crippen LogP contribution >= 0.6 is 0 Å². The molecule has 5 nitrogen and oxygen atoms in total. The number of carbonyl (C=O) groups excluding carboxylic acids is 1. The average molecular weight is 411 g/mol. The molecule has 1 amide bonds. The first kappa shape index (κ1) is 20.6. The molecule has 0 fully saturated rings. The fraction of sp³-hybridized carbons (Fsp3) is 0.154. The molecule has 4 aromatic rings. The van der Waals surface area contributed by atoms with Gasteiger partial charge in [-0.15, -0.1) is 0 Å². The molecular weight excluding hydrogens is 384 g/mol. The SMILES string of the molecule is CN(C)CCn1cc2cc(NC(=O)C=Cc3ccc(-c4ccccc4)cc3)ccc2n1. The minimum Gasteiger partial charge on any atom is -0.322 e. The number of nitrogens with one attached hydrogen (secondary N) is 1. The van der Waals surface area contributed by atoms with E-state index in [9.17, 15) is 4.79 Å². The molecule has 156 valence electrons. The first-order valence-electron chi connectivity index (χ1n) is 10.3. The third-order valence-electron chi connectivity index (χ3n) is 5.04. The van der Waals surface area contributed by atoms with E-state index in [1.54, 1.807) is 6.08 Å². The first-order valence-corrected chi connectivity index (χ1v) is 10.3. The summed E-state index contributed by atoms with van der Waals surface area (Å²) in [5.74, 6) is -0.161.